The number of nitrogens with one attached hydrogen (secondary N) is 3. The summed E-state index contributed by atoms with van der Waals surface area (Å²) in [5.74, 6) is 0.456. The molecule has 0 atom stereocenters. The largest absolute Gasteiger partial charge is 0.487 e. The van der Waals surface area contributed by atoms with Crippen molar-refractivity contribution in [1.82, 2.24) is 0 Å². The molecule has 0 aliphatic rings. The minimum atomic E-state index is -0.198. The smallest absolute Gasteiger partial charge is 0.243 e. The highest BCUT2D eigenvalue weighted by molar-refractivity contribution is 5.95. The van der Waals surface area contributed by atoms with Gasteiger partial charge in [0.25, 0.3) is 0 Å². The summed E-state index contributed by atoms with van der Waals surface area (Å²) < 4.78 is 5.70. The Hall–Kier alpha value is -3.28. The molecule has 0 fully saturated rings. The van der Waals surface area contributed by atoms with Gasteiger partial charge >= 0.3 is 0 Å². The van der Waals surface area contributed by atoms with Gasteiger partial charge in [-0.2, -0.15) is 0 Å². The fourth-order valence-electron chi connectivity index (χ4n) is 2.75. The lowest BCUT2D eigenvalue weighted by Crippen LogP contribution is -2.22. The monoisotopic (exact) mass is 409 g/mol. The topological polar surface area (TPSA) is 79.5 Å². The van der Waals surface area contributed by atoms with Gasteiger partial charge in [-0.25, -0.2) is 0 Å². The van der Waals surface area contributed by atoms with Crippen molar-refractivity contribution in [2.75, 3.05) is 29.1 Å². The van der Waals surface area contributed by atoms with Gasteiger partial charge in [0.05, 0.1) is 12.2 Å². The quantitative estimate of drug-likeness (QED) is 0.332. The van der Waals surface area contributed by atoms with E-state index in [1.54, 1.807) is 24.3 Å². The van der Waals surface area contributed by atoms with Crippen molar-refractivity contribution in [3.63, 3.8) is 0 Å². The van der Waals surface area contributed by atoms with Crippen LogP contribution in [0.15, 0.2) is 60.7 Å². The molecule has 2 aromatic carbocycles. The molecular weight excluding hydrogens is 378 g/mol. The molecule has 6 heteroatoms. The SMILES string of the molecule is C=C(C)COc1ccccc1NCC(=O)Nc1cccc(NC(=O)CCCCC)c1. The number of ether oxygens (including phenoxy) is 1. The Morgan fingerprint density at radius 3 is 2.37 bits per heavy atom. The van der Waals surface area contributed by atoms with Crippen LogP contribution in [0.4, 0.5) is 17.1 Å². The van der Waals surface area contributed by atoms with E-state index in [1.807, 2.05) is 31.2 Å². The average Bonchev–Trinajstić information content (AvgIpc) is 2.71. The first-order valence-corrected chi connectivity index (χ1v) is 10.3. The first kappa shape index (κ1) is 23.0. The molecule has 2 aromatic rings. The molecule has 0 aliphatic carbocycles. The van der Waals surface area contributed by atoms with Gasteiger partial charge in [-0.3, -0.25) is 9.59 Å². The first-order chi connectivity index (χ1) is 14.5. The van der Waals surface area contributed by atoms with Crippen LogP contribution in [0.25, 0.3) is 0 Å². The van der Waals surface area contributed by atoms with Gasteiger partial charge in [-0.1, -0.05) is 44.5 Å². The van der Waals surface area contributed by atoms with E-state index in [1.165, 1.54) is 0 Å². The molecule has 0 spiro atoms. The van der Waals surface area contributed by atoms with Crippen LogP contribution >= 0.6 is 0 Å². The number of para-hydroxylation sites is 2. The zero-order valence-corrected chi connectivity index (χ0v) is 17.8. The minimum absolute atomic E-state index is 0.0139. The second kappa shape index (κ2) is 12.3. The van der Waals surface area contributed by atoms with Crippen LogP contribution in [0.2, 0.25) is 0 Å². The van der Waals surface area contributed by atoms with Crippen LogP contribution in [0.5, 0.6) is 5.75 Å². The lowest BCUT2D eigenvalue weighted by molar-refractivity contribution is -0.116. The van der Waals surface area contributed by atoms with Crippen molar-refractivity contribution < 1.29 is 14.3 Å². The van der Waals surface area contributed by atoms with Crippen molar-refractivity contribution in [2.45, 2.75) is 39.5 Å². The molecule has 0 aromatic heterocycles. The number of carbonyl (C=O) groups excluding carboxylic acids is 2. The van der Waals surface area contributed by atoms with E-state index >= 15 is 0 Å². The van der Waals surface area contributed by atoms with Crippen LogP contribution in [-0.2, 0) is 9.59 Å². The maximum absolute atomic E-state index is 12.4. The Morgan fingerprint density at radius 1 is 0.967 bits per heavy atom. The number of anilines is 3. The number of hydrogen-bond donors (Lipinski definition) is 3. The molecule has 160 valence electrons. The third-order valence-corrected chi connectivity index (χ3v) is 4.24. The van der Waals surface area contributed by atoms with Gasteiger partial charge in [-0.05, 0) is 49.2 Å². The second-order valence-electron chi connectivity index (χ2n) is 7.23. The predicted molar refractivity (Wildman–Crippen MR) is 123 cm³/mol. The zero-order chi connectivity index (χ0) is 21.8. The Morgan fingerprint density at radius 2 is 1.67 bits per heavy atom. The van der Waals surface area contributed by atoms with Crippen LogP contribution in [0.1, 0.15) is 39.5 Å². The summed E-state index contributed by atoms with van der Waals surface area (Å²) in [5.41, 5.74) is 2.95. The van der Waals surface area contributed by atoms with Gasteiger partial charge in [0.1, 0.15) is 12.4 Å². The molecule has 0 saturated carbocycles. The third kappa shape index (κ3) is 8.39. The Kier molecular flexibility index (Phi) is 9.45. The van der Waals surface area contributed by atoms with E-state index in [4.69, 9.17) is 4.74 Å². The number of amides is 2. The maximum atomic E-state index is 12.4. The summed E-state index contributed by atoms with van der Waals surface area (Å²) in [4.78, 5) is 24.3. The molecule has 0 radical (unpaired) electrons. The third-order valence-electron chi connectivity index (χ3n) is 4.24. The number of unbranched alkanes of at least 4 members (excludes halogenated alkanes) is 2. The van der Waals surface area contributed by atoms with Crippen molar-refractivity contribution >= 4 is 28.9 Å². The lowest BCUT2D eigenvalue weighted by atomic mass is 10.2. The summed E-state index contributed by atoms with van der Waals surface area (Å²) in [7, 11) is 0. The summed E-state index contributed by atoms with van der Waals surface area (Å²) in [6.45, 7) is 8.33. The van der Waals surface area contributed by atoms with Gasteiger partial charge < -0.3 is 20.7 Å². The number of benzene rings is 2. The maximum Gasteiger partial charge on any atom is 0.243 e. The first-order valence-electron chi connectivity index (χ1n) is 10.3. The molecule has 30 heavy (non-hydrogen) atoms. The van der Waals surface area contributed by atoms with Gasteiger partial charge in [-0.15, -0.1) is 0 Å². The zero-order valence-electron chi connectivity index (χ0n) is 17.8. The van der Waals surface area contributed by atoms with Crippen LogP contribution < -0.4 is 20.7 Å². The van der Waals surface area contributed by atoms with Crippen molar-refractivity contribution in [3.8, 4) is 5.75 Å². The highest BCUT2D eigenvalue weighted by Gasteiger charge is 2.08. The van der Waals surface area contributed by atoms with Crippen LogP contribution in [0, 0.1) is 0 Å². The minimum Gasteiger partial charge on any atom is -0.487 e. The molecular formula is C24H31N3O3. The fourth-order valence-corrected chi connectivity index (χ4v) is 2.75. The van der Waals surface area contributed by atoms with E-state index < -0.39 is 0 Å². The Labute approximate surface area is 178 Å². The van der Waals surface area contributed by atoms with Crippen molar-refractivity contribution in [3.05, 3.63) is 60.7 Å². The van der Waals surface area contributed by atoms with E-state index in [9.17, 15) is 9.59 Å². The average molecular weight is 410 g/mol. The molecule has 2 amide bonds. The molecule has 0 bridgehead atoms. The normalized spacial score (nSPS) is 10.2. The predicted octanol–water partition coefficient (Wildman–Crippen LogP) is 5.21. The van der Waals surface area contributed by atoms with E-state index in [0.29, 0.717) is 30.2 Å². The van der Waals surface area contributed by atoms with Gasteiger partial charge in [0.15, 0.2) is 0 Å². The highest BCUT2D eigenvalue weighted by atomic mass is 16.5. The fraction of sp³-hybridized carbons (Fsp3) is 0.333. The standard InChI is InChI=1S/C24H31N3O3/c1-4-5-6-14-23(28)26-19-10-9-11-20(15-19)27-24(29)16-25-21-12-7-8-13-22(21)30-17-18(2)3/h7-13,15,25H,2,4-6,14,16-17H2,1,3H3,(H,26,28)(H,27,29). The summed E-state index contributed by atoms with van der Waals surface area (Å²) in [6, 6.07) is 14.6. The molecule has 6 nitrogen and oxygen atoms in total. The second-order valence-corrected chi connectivity index (χ2v) is 7.23. The number of rotatable bonds is 12. The number of carbonyl (C=O) groups is 2. The van der Waals surface area contributed by atoms with E-state index in [2.05, 4.69) is 29.5 Å². The molecule has 0 unspecified atom stereocenters. The Bertz CT molecular complexity index is 864. The van der Waals surface area contributed by atoms with Gasteiger partial charge in [0.2, 0.25) is 11.8 Å². The van der Waals surface area contributed by atoms with E-state index in [0.717, 1.165) is 30.5 Å². The summed E-state index contributed by atoms with van der Waals surface area (Å²) >= 11 is 0. The number of hydrogen-bond acceptors (Lipinski definition) is 4. The molecule has 0 aliphatic heterocycles. The van der Waals surface area contributed by atoms with Crippen molar-refractivity contribution in [2.24, 2.45) is 0 Å². The van der Waals surface area contributed by atoms with Crippen molar-refractivity contribution in [1.29, 1.82) is 0 Å². The summed E-state index contributed by atoms with van der Waals surface area (Å²) in [5, 5.41) is 8.81. The molecule has 2 rings (SSSR count). The Balaban J connectivity index is 1.87. The van der Waals surface area contributed by atoms with E-state index in [-0.39, 0.29) is 18.4 Å². The summed E-state index contributed by atoms with van der Waals surface area (Å²) in [6.07, 6.45) is 3.49. The molecule has 0 saturated heterocycles. The molecule has 0 heterocycles. The highest BCUT2D eigenvalue weighted by Crippen LogP contribution is 2.24. The van der Waals surface area contributed by atoms with Gasteiger partial charge in [0, 0.05) is 17.8 Å². The lowest BCUT2D eigenvalue weighted by Gasteiger charge is -2.13. The van der Waals surface area contributed by atoms with Crippen LogP contribution in [-0.4, -0.2) is 25.0 Å². The van der Waals surface area contributed by atoms with Crippen LogP contribution in [0.3, 0.4) is 0 Å². The molecule has 3 N–H and O–H groups in total.